The standard InChI is InChI=1S/C49H42O15/c1-3-4-27-56-35-25-26-36-37(28-35)59-48(55)42(58-30(2)50)39(36)64-49-43(63-47(54)34-23-15-8-16-24-34)41(62-46(53)33-21-13-7-14-22-33)40(61-45(52)32-19-11-6-12-20-32)38(60-49)29-57-44(51)31-17-9-5-10-18-31/h5-26,28,38,40-41,43,49H,3-4,27,29H2,1-2H3/t38-,40-,41+,43-,49+/m1/s1. The molecule has 0 unspecified atom stereocenters. The third-order valence-corrected chi connectivity index (χ3v) is 9.78. The van der Waals surface area contributed by atoms with E-state index in [0.29, 0.717) is 12.4 Å². The summed E-state index contributed by atoms with van der Waals surface area (Å²) < 4.78 is 53.8. The monoisotopic (exact) mass is 870 g/mol. The Labute approximate surface area is 366 Å². The quantitative estimate of drug-likeness (QED) is 0.0401. The van der Waals surface area contributed by atoms with Crippen molar-refractivity contribution < 1.29 is 66.3 Å². The number of carbonyl (C=O) groups is 5. The number of hydrogen-bond acceptors (Lipinski definition) is 15. The Morgan fingerprint density at radius 3 is 1.61 bits per heavy atom. The van der Waals surface area contributed by atoms with E-state index in [0.717, 1.165) is 19.8 Å². The molecule has 1 aliphatic rings. The summed E-state index contributed by atoms with van der Waals surface area (Å²) in [5, 5.41) is 0.0814. The van der Waals surface area contributed by atoms with Crippen LogP contribution < -0.4 is 19.8 Å². The van der Waals surface area contributed by atoms with Gasteiger partial charge in [-0.1, -0.05) is 86.1 Å². The van der Waals surface area contributed by atoms with Gasteiger partial charge in [-0.2, -0.15) is 0 Å². The fourth-order valence-electron chi connectivity index (χ4n) is 6.65. The van der Waals surface area contributed by atoms with E-state index in [2.05, 4.69) is 0 Å². The van der Waals surface area contributed by atoms with Crippen molar-refractivity contribution in [1.29, 1.82) is 0 Å². The Morgan fingerprint density at radius 2 is 1.09 bits per heavy atom. The highest BCUT2D eigenvalue weighted by atomic mass is 16.7. The SMILES string of the molecule is CCCCOc1ccc2c(O[C@@H]3O[C@H](COC(=O)c4ccccc4)[C@@H](OC(=O)c4ccccc4)[C@H](OC(=O)c4ccccc4)[C@H]3OC(=O)c3ccccc3)c(OC(C)=O)c(=O)oc2c1. The normalized spacial score (nSPS) is 17.9. The molecule has 1 saturated heterocycles. The van der Waals surface area contributed by atoms with Gasteiger partial charge in [-0.25, -0.2) is 24.0 Å². The van der Waals surface area contributed by atoms with Crippen LogP contribution in [0.4, 0.5) is 0 Å². The van der Waals surface area contributed by atoms with Crippen LogP contribution in [0.1, 0.15) is 68.1 Å². The van der Waals surface area contributed by atoms with Crippen LogP contribution in [0.5, 0.6) is 17.2 Å². The van der Waals surface area contributed by atoms with Gasteiger partial charge in [-0.05, 0) is 67.1 Å². The predicted octanol–water partition coefficient (Wildman–Crippen LogP) is 7.53. The molecule has 5 atom stereocenters. The van der Waals surface area contributed by atoms with E-state index < -0.39 is 84.3 Å². The topological polar surface area (TPSA) is 189 Å². The highest BCUT2D eigenvalue weighted by Crippen LogP contribution is 2.39. The van der Waals surface area contributed by atoms with Crippen molar-refractivity contribution >= 4 is 40.8 Å². The van der Waals surface area contributed by atoms with E-state index in [1.54, 1.807) is 78.9 Å². The molecule has 1 aliphatic heterocycles. The molecule has 64 heavy (non-hydrogen) atoms. The highest BCUT2D eigenvalue weighted by Gasteiger charge is 2.54. The number of hydrogen-bond donors (Lipinski definition) is 0. The first-order valence-corrected chi connectivity index (χ1v) is 20.3. The minimum Gasteiger partial charge on any atom is -0.493 e. The van der Waals surface area contributed by atoms with Crippen LogP contribution in [0.3, 0.4) is 0 Å². The number of unbranched alkanes of at least 4 members (excludes halogenated alkanes) is 1. The first kappa shape index (κ1) is 44.3. The molecule has 0 N–H and O–H groups in total. The van der Waals surface area contributed by atoms with Crippen LogP contribution >= 0.6 is 0 Å². The second-order valence-corrected chi connectivity index (χ2v) is 14.3. The van der Waals surface area contributed by atoms with Gasteiger partial charge in [0.1, 0.15) is 24.0 Å². The largest absolute Gasteiger partial charge is 0.493 e. The average Bonchev–Trinajstić information content (AvgIpc) is 3.32. The maximum Gasteiger partial charge on any atom is 0.383 e. The van der Waals surface area contributed by atoms with Crippen LogP contribution in [0.25, 0.3) is 11.0 Å². The molecule has 15 heteroatoms. The van der Waals surface area contributed by atoms with Gasteiger partial charge in [0, 0.05) is 13.0 Å². The lowest BCUT2D eigenvalue weighted by Crippen LogP contribution is -2.64. The second-order valence-electron chi connectivity index (χ2n) is 14.3. The Morgan fingerprint density at radius 1 is 0.594 bits per heavy atom. The van der Waals surface area contributed by atoms with Crippen molar-refractivity contribution in [3.63, 3.8) is 0 Å². The Kier molecular flexibility index (Phi) is 14.4. The molecule has 15 nitrogen and oxygen atoms in total. The summed E-state index contributed by atoms with van der Waals surface area (Å²) in [6, 6.07) is 36.1. The van der Waals surface area contributed by atoms with Crippen molar-refractivity contribution in [2.45, 2.75) is 57.4 Å². The van der Waals surface area contributed by atoms with Gasteiger partial charge in [0.15, 0.2) is 18.0 Å². The molecule has 328 valence electrons. The number of fused-ring (bicyclic) bond motifs is 1. The van der Waals surface area contributed by atoms with E-state index in [9.17, 15) is 28.8 Å². The number of benzene rings is 5. The van der Waals surface area contributed by atoms with Gasteiger partial charge in [0.2, 0.25) is 12.4 Å². The minimum atomic E-state index is -1.90. The molecule has 7 rings (SSSR count). The molecule has 0 radical (unpaired) electrons. The third kappa shape index (κ3) is 10.8. The fraction of sp³-hybridized carbons (Fsp3) is 0.224. The zero-order valence-corrected chi connectivity index (χ0v) is 34.6. The first-order valence-electron chi connectivity index (χ1n) is 20.3. The zero-order chi connectivity index (χ0) is 45.0. The lowest BCUT2D eigenvalue weighted by Gasteiger charge is -2.44. The molecular formula is C49H42O15. The van der Waals surface area contributed by atoms with Crippen LogP contribution in [-0.2, 0) is 28.5 Å². The number of carbonyl (C=O) groups excluding carboxylic acids is 5. The predicted molar refractivity (Wildman–Crippen MR) is 227 cm³/mol. The van der Waals surface area contributed by atoms with Crippen LogP contribution in [0.15, 0.2) is 149 Å². The molecular weight excluding hydrogens is 829 g/mol. The maximum absolute atomic E-state index is 14.1. The summed E-state index contributed by atoms with van der Waals surface area (Å²) in [4.78, 5) is 81.5. The van der Waals surface area contributed by atoms with E-state index in [4.69, 9.17) is 42.3 Å². The summed E-state index contributed by atoms with van der Waals surface area (Å²) in [5.41, 5.74) is -0.773. The van der Waals surface area contributed by atoms with E-state index in [1.807, 2.05) is 6.92 Å². The molecule has 1 fully saturated rings. The first-order chi connectivity index (χ1) is 31.1. The van der Waals surface area contributed by atoms with E-state index >= 15 is 0 Å². The number of rotatable bonds is 16. The molecule has 2 heterocycles. The van der Waals surface area contributed by atoms with Crippen LogP contribution in [0, 0.1) is 0 Å². The molecule has 0 aliphatic carbocycles. The number of esters is 5. The summed E-state index contributed by atoms with van der Waals surface area (Å²) >= 11 is 0. The molecule has 5 aromatic carbocycles. The molecule has 1 aromatic heterocycles. The van der Waals surface area contributed by atoms with Crippen molar-refractivity contribution in [3.8, 4) is 17.2 Å². The van der Waals surface area contributed by atoms with Crippen molar-refractivity contribution in [2.24, 2.45) is 0 Å². The van der Waals surface area contributed by atoms with Gasteiger partial charge in [0.05, 0.1) is 34.2 Å². The lowest BCUT2D eigenvalue weighted by atomic mass is 9.97. The second kappa shape index (κ2) is 20.9. The summed E-state index contributed by atoms with van der Waals surface area (Å²) in [5.74, 6) is -5.23. The molecule has 0 saturated carbocycles. The van der Waals surface area contributed by atoms with E-state index in [-0.39, 0.29) is 33.2 Å². The summed E-state index contributed by atoms with van der Waals surface area (Å²) in [6.07, 6.45) is -7.10. The maximum atomic E-state index is 14.1. The lowest BCUT2D eigenvalue weighted by molar-refractivity contribution is -0.275. The van der Waals surface area contributed by atoms with Gasteiger partial charge in [-0.15, -0.1) is 0 Å². The average molecular weight is 871 g/mol. The fourth-order valence-corrected chi connectivity index (χ4v) is 6.65. The van der Waals surface area contributed by atoms with E-state index in [1.165, 1.54) is 60.7 Å². The molecule has 0 amide bonds. The van der Waals surface area contributed by atoms with Crippen LogP contribution in [-0.4, -0.2) is 73.8 Å². The van der Waals surface area contributed by atoms with Gasteiger partial charge >= 0.3 is 35.5 Å². The van der Waals surface area contributed by atoms with Gasteiger partial charge in [-0.3, -0.25) is 4.79 Å². The van der Waals surface area contributed by atoms with Crippen molar-refractivity contribution in [2.75, 3.05) is 13.2 Å². The number of ether oxygens (including phenoxy) is 8. The highest BCUT2D eigenvalue weighted by molar-refractivity contribution is 5.92. The molecule has 6 aromatic rings. The smallest absolute Gasteiger partial charge is 0.383 e. The van der Waals surface area contributed by atoms with Crippen LogP contribution in [0.2, 0.25) is 0 Å². The zero-order valence-electron chi connectivity index (χ0n) is 34.6. The summed E-state index contributed by atoms with van der Waals surface area (Å²) in [7, 11) is 0. The molecule has 0 bridgehead atoms. The van der Waals surface area contributed by atoms with Crippen molar-refractivity contribution in [1.82, 2.24) is 0 Å². The van der Waals surface area contributed by atoms with Gasteiger partial charge in [0.25, 0.3) is 5.75 Å². The molecule has 0 spiro atoms. The van der Waals surface area contributed by atoms with Crippen molar-refractivity contribution in [3.05, 3.63) is 172 Å². The van der Waals surface area contributed by atoms with Gasteiger partial charge < -0.3 is 42.3 Å². The summed E-state index contributed by atoms with van der Waals surface area (Å²) in [6.45, 7) is 2.79. The Balaban J connectivity index is 1.38. The minimum absolute atomic E-state index is 0.0476. The third-order valence-electron chi connectivity index (χ3n) is 9.78. The Bertz CT molecular complexity index is 2630. The Hall–Kier alpha value is -7.78.